The minimum absolute atomic E-state index is 0.0659. The van der Waals surface area contributed by atoms with Gasteiger partial charge in [-0.1, -0.05) is 36.4 Å². The smallest absolute Gasteiger partial charge is 0.226 e. The van der Waals surface area contributed by atoms with Crippen molar-refractivity contribution >= 4 is 17.5 Å². The lowest BCUT2D eigenvalue weighted by Gasteiger charge is -2.23. The van der Waals surface area contributed by atoms with Crippen LogP contribution in [0.15, 0.2) is 54.6 Å². The van der Waals surface area contributed by atoms with Crippen LogP contribution in [0.1, 0.15) is 34.0 Å². The number of halogens is 1. The van der Waals surface area contributed by atoms with Gasteiger partial charge in [0.15, 0.2) is 5.78 Å². The van der Waals surface area contributed by atoms with Crippen LogP contribution in [0.2, 0.25) is 0 Å². The number of hydrogen-bond acceptors (Lipinski definition) is 3. The number of amides is 1. The van der Waals surface area contributed by atoms with Crippen LogP contribution in [0.4, 0.5) is 10.2 Å². The second kappa shape index (κ2) is 6.22. The van der Waals surface area contributed by atoms with E-state index in [9.17, 15) is 14.0 Å². The lowest BCUT2D eigenvalue weighted by atomic mass is 9.85. The molecule has 2 aromatic carbocycles. The van der Waals surface area contributed by atoms with E-state index < -0.39 is 11.7 Å². The number of anilines is 1. The highest BCUT2D eigenvalue weighted by atomic mass is 19.1. The van der Waals surface area contributed by atoms with E-state index in [0.29, 0.717) is 28.3 Å². The van der Waals surface area contributed by atoms with Gasteiger partial charge in [-0.3, -0.25) is 9.59 Å². The lowest BCUT2D eigenvalue weighted by molar-refractivity contribution is -0.116. The Hall–Kier alpha value is -3.28. The summed E-state index contributed by atoms with van der Waals surface area (Å²) in [6.07, 6.45) is 0.0659. The summed E-state index contributed by atoms with van der Waals surface area (Å²) in [7, 11) is 0. The number of benzene rings is 2. The fraction of sp³-hybridized carbons (Fsp3) is 0.150. The van der Waals surface area contributed by atoms with Crippen molar-refractivity contribution < 1.29 is 14.0 Å². The fourth-order valence-corrected chi connectivity index (χ4v) is 3.37. The molecule has 2 heterocycles. The molecule has 1 N–H and O–H groups in total. The summed E-state index contributed by atoms with van der Waals surface area (Å²) in [5, 5.41) is 7.24. The van der Waals surface area contributed by atoms with E-state index in [1.54, 1.807) is 43.3 Å². The zero-order valence-corrected chi connectivity index (χ0v) is 14.1. The number of fused-ring (bicyclic) bond motifs is 1. The Kier molecular flexibility index (Phi) is 3.88. The van der Waals surface area contributed by atoms with Gasteiger partial charge in [-0.15, -0.1) is 0 Å². The van der Waals surface area contributed by atoms with Crippen molar-refractivity contribution in [1.82, 2.24) is 9.78 Å². The van der Waals surface area contributed by atoms with Gasteiger partial charge < -0.3 is 5.32 Å². The number of nitrogens with zero attached hydrogens (tertiary/aromatic N) is 2. The Balaban J connectivity index is 1.84. The van der Waals surface area contributed by atoms with Crippen molar-refractivity contribution in [2.75, 3.05) is 5.32 Å². The van der Waals surface area contributed by atoms with Gasteiger partial charge in [0, 0.05) is 17.5 Å². The van der Waals surface area contributed by atoms with E-state index in [0.717, 1.165) is 0 Å². The lowest BCUT2D eigenvalue weighted by Crippen LogP contribution is -2.28. The Morgan fingerprint density at radius 1 is 1.19 bits per heavy atom. The molecule has 0 aliphatic carbocycles. The summed E-state index contributed by atoms with van der Waals surface area (Å²) in [5.41, 5.74) is 2.36. The van der Waals surface area contributed by atoms with Crippen LogP contribution in [0.5, 0.6) is 0 Å². The molecule has 130 valence electrons. The SMILES string of the molecule is Cc1nn(-c2cccc(F)c2)c2c1C(C(=O)c1ccccc1)CC(=O)N2. The summed E-state index contributed by atoms with van der Waals surface area (Å²) in [4.78, 5) is 25.2. The summed E-state index contributed by atoms with van der Waals surface area (Å²) in [6.45, 7) is 1.79. The van der Waals surface area contributed by atoms with Crippen LogP contribution < -0.4 is 5.32 Å². The average molecular weight is 349 g/mol. The van der Waals surface area contributed by atoms with Crippen LogP contribution >= 0.6 is 0 Å². The Labute approximate surface area is 149 Å². The largest absolute Gasteiger partial charge is 0.310 e. The van der Waals surface area contributed by atoms with E-state index in [1.165, 1.54) is 16.8 Å². The van der Waals surface area contributed by atoms with Crippen molar-refractivity contribution in [1.29, 1.82) is 0 Å². The number of aryl methyl sites for hydroxylation is 1. The molecule has 5 nitrogen and oxygen atoms in total. The van der Waals surface area contributed by atoms with Crippen molar-refractivity contribution in [2.24, 2.45) is 0 Å². The van der Waals surface area contributed by atoms with Crippen molar-refractivity contribution in [3.05, 3.63) is 77.2 Å². The van der Waals surface area contributed by atoms with Gasteiger partial charge in [-0.2, -0.15) is 5.10 Å². The first-order valence-corrected chi connectivity index (χ1v) is 8.29. The van der Waals surface area contributed by atoms with E-state index in [-0.39, 0.29) is 18.1 Å². The van der Waals surface area contributed by atoms with E-state index >= 15 is 0 Å². The molecule has 6 heteroatoms. The molecule has 0 radical (unpaired) electrons. The molecular formula is C20H16FN3O2. The first kappa shape index (κ1) is 16.2. The van der Waals surface area contributed by atoms with E-state index in [2.05, 4.69) is 10.4 Å². The summed E-state index contributed by atoms with van der Waals surface area (Å²) in [6, 6.07) is 14.8. The first-order valence-electron chi connectivity index (χ1n) is 8.29. The topological polar surface area (TPSA) is 64.0 Å². The van der Waals surface area contributed by atoms with Crippen LogP contribution in [0, 0.1) is 12.7 Å². The van der Waals surface area contributed by atoms with Gasteiger partial charge in [0.1, 0.15) is 11.6 Å². The summed E-state index contributed by atoms with van der Waals surface area (Å²) >= 11 is 0. The number of nitrogens with one attached hydrogen (secondary N) is 1. The maximum absolute atomic E-state index is 13.6. The highest BCUT2D eigenvalue weighted by Gasteiger charge is 2.36. The molecule has 0 bridgehead atoms. The van der Waals surface area contributed by atoms with E-state index in [4.69, 9.17) is 0 Å². The molecule has 4 rings (SSSR count). The third-order valence-electron chi connectivity index (χ3n) is 4.53. The first-order chi connectivity index (χ1) is 12.5. The standard InChI is InChI=1S/C20H16FN3O2/c1-12-18-16(19(26)13-6-3-2-4-7-13)11-17(25)22-20(18)24(23-12)15-9-5-8-14(21)10-15/h2-10,16H,11H2,1H3,(H,22,25). The van der Waals surface area contributed by atoms with Gasteiger partial charge in [-0.25, -0.2) is 9.07 Å². The zero-order valence-electron chi connectivity index (χ0n) is 14.1. The highest BCUT2D eigenvalue weighted by Crippen LogP contribution is 2.38. The second-order valence-corrected chi connectivity index (χ2v) is 6.27. The molecule has 1 aliphatic rings. The van der Waals surface area contributed by atoms with Gasteiger partial charge >= 0.3 is 0 Å². The average Bonchev–Trinajstić information content (AvgIpc) is 2.97. The molecule has 3 aromatic rings. The predicted octanol–water partition coefficient (Wildman–Crippen LogP) is 3.63. The monoisotopic (exact) mass is 349 g/mol. The summed E-state index contributed by atoms with van der Waals surface area (Å²) < 4.78 is 15.1. The molecule has 1 amide bonds. The van der Waals surface area contributed by atoms with Crippen LogP contribution in [0.3, 0.4) is 0 Å². The molecule has 0 spiro atoms. The molecule has 1 atom stereocenters. The Morgan fingerprint density at radius 2 is 1.96 bits per heavy atom. The van der Waals surface area contributed by atoms with Gasteiger partial charge in [0.05, 0.1) is 17.3 Å². The second-order valence-electron chi connectivity index (χ2n) is 6.27. The van der Waals surface area contributed by atoms with Gasteiger partial charge in [-0.05, 0) is 25.1 Å². The van der Waals surface area contributed by atoms with E-state index in [1.807, 2.05) is 6.07 Å². The maximum atomic E-state index is 13.6. The van der Waals surface area contributed by atoms with Crippen LogP contribution in [-0.4, -0.2) is 21.5 Å². The van der Waals surface area contributed by atoms with Crippen molar-refractivity contribution in [3.63, 3.8) is 0 Å². The molecule has 0 saturated heterocycles. The molecule has 0 fully saturated rings. The number of carbonyl (C=O) groups excluding carboxylic acids is 2. The fourth-order valence-electron chi connectivity index (χ4n) is 3.37. The quantitative estimate of drug-likeness (QED) is 0.735. The Morgan fingerprint density at radius 3 is 2.69 bits per heavy atom. The molecule has 1 unspecified atom stereocenters. The number of Topliss-reactive ketones (excluding diaryl/α,β-unsaturated/α-hetero) is 1. The van der Waals surface area contributed by atoms with Gasteiger partial charge in [0.2, 0.25) is 5.91 Å². The number of carbonyl (C=O) groups is 2. The summed E-state index contributed by atoms with van der Waals surface area (Å²) in [5.74, 6) is -0.960. The molecule has 1 aliphatic heterocycles. The highest BCUT2D eigenvalue weighted by molar-refractivity contribution is 6.07. The Bertz CT molecular complexity index is 1010. The van der Waals surface area contributed by atoms with Gasteiger partial charge in [0.25, 0.3) is 0 Å². The molecule has 26 heavy (non-hydrogen) atoms. The van der Waals surface area contributed by atoms with Crippen molar-refractivity contribution in [2.45, 2.75) is 19.3 Å². The molecular weight excluding hydrogens is 333 g/mol. The van der Waals surface area contributed by atoms with Crippen molar-refractivity contribution in [3.8, 4) is 5.69 Å². The third-order valence-corrected chi connectivity index (χ3v) is 4.53. The maximum Gasteiger partial charge on any atom is 0.226 e. The third kappa shape index (κ3) is 2.69. The molecule has 1 aromatic heterocycles. The normalized spacial score (nSPS) is 16.1. The zero-order chi connectivity index (χ0) is 18.3. The minimum Gasteiger partial charge on any atom is -0.310 e. The number of rotatable bonds is 3. The number of hydrogen-bond donors (Lipinski definition) is 1. The predicted molar refractivity (Wildman–Crippen MR) is 95.0 cm³/mol. The van der Waals surface area contributed by atoms with Crippen LogP contribution in [-0.2, 0) is 4.79 Å². The number of ketones is 1. The minimum atomic E-state index is -0.608. The van der Waals surface area contributed by atoms with Crippen LogP contribution in [0.25, 0.3) is 5.69 Å². The molecule has 0 saturated carbocycles. The number of aromatic nitrogens is 2.